The predicted octanol–water partition coefficient (Wildman–Crippen LogP) is 3.00. The van der Waals surface area contributed by atoms with Crippen LogP contribution in [0.3, 0.4) is 0 Å². The molecule has 27 heavy (non-hydrogen) atoms. The summed E-state index contributed by atoms with van der Waals surface area (Å²) in [5.74, 6) is -0.756. The van der Waals surface area contributed by atoms with Gasteiger partial charge in [-0.2, -0.15) is 0 Å². The highest BCUT2D eigenvalue weighted by molar-refractivity contribution is 7.89. The first-order chi connectivity index (χ1) is 12.7. The Bertz CT molecular complexity index is 940. The van der Waals surface area contributed by atoms with Crippen molar-refractivity contribution in [2.75, 3.05) is 13.1 Å². The molecule has 0 saturated carbocycles. The van der Waals surface area contributed by atoms with Crippen molar-refractivity contribution in [2.24, 2.45) is 0 Å². The highest BCUT2D eigenvalue weighted by atomic mass is 32.2. The Balaban J connectivity index is 2.17. The molecule has 2 aromatic carbocycles. The highest BCUT2D eigenvalue weighted by Gasteiger charge is 2.25. The number of halogens is 1. The number of benzene rings is 2. The van der Waals surface area contributed by atoms with E-state index in [9.17, 15) is 17.6 Å². The van der Waals surface area contributed by atoms with Gasteiger partial charge in [-0.3, -0.25) is 4.79 Å². The summed E-state index contributed by atoms with van der Waals surface area (Å²) in [6, 6.07) is 11.8. The second-order valence-electron chi connectivity index (χ2n) is 6.75. The minimum absolute atomic E-state index is 0.0104. The largest absolute Gasteiger partial charge is 0.349 e. The third-order valence-electron chi connectivity index (χ3n) is 4.12. The number of rotatable bonds is 8. The van der Waals surface area contributed by atoms with E-state index < -0.39 is 15.4 Å². The number of sulfonamides is 1. The highest BCUT2D eigenvalue weighted by Crippen LogP contribution is 2.24. The van der Waals surface area contributed by atoms with Crippen LogP contribution in [-0.2, 0) is 15.4 Å². The lowest BCUT2D eigenvalue weighted by Crippen LogP contribution is -2.36. The summed E-state index contributed by atoms with van der Waals surface area (Å²) >= 11 is 0. The second kappa shape index (κ2) is 8.45. The molecule has 5 nitrogen and oxygen atoms in total. The van der Waals surface area contributed by atoms with Crippen LogP contribution in [0.4, 0.5) is 4.39 Å². The molecule has 0 radical (unpaired) electrons. The number of hydrogen-bond acceptors (Lipinski definition) is 3. The molecule has 0 bridgehead atoms. The van der Waals surface area contributed by atoms with E-state index in [2.05, 4.69) is 16.6 Å². The molecule has 1 amide bonds. The summed E-state index contributed by atoms with van der Waals surface area (Å²) in [5.41, 5.74) is 0.306. The minimum Gasteiger partial charge on any atom is -0.349 e. The van der Waals surface area contributed by atoms with Crippen LogP contribution >= 0.6 is 0 Å². The maximum Gasteiger partial charge on any atom is 0.251 e. The van der Waals surface area contributed by atoms with Crippen molar-refractivity contribution in [3.63, 3.8) is 0 Å². The van der Waals surface area contributed by atoms with Gasteiger partial charge in [0.15, 0.2) is 0 Å². The van der Waals surface area contributed by atoms with Gasteiger partial charge in [0, 0.05) is 24.1 Å². The topological polar surface area (TPSA) is 75.3 Å². The standard InChI is InChI=1S/C20H23FN2O3S/c1-4-11-22-19(24)15-7-5-10-18(12-15)27(25,26)23-14-20(2,3)16-8-6-9-17(21)13-16/h4-10,12-13,23H,1,11,14H2,2-3H3,(H,22,24). The van der Waals surface area contributed by atoms with Crippen LogP contribution in [0.25, 0.3) is 0 Å². The third-order valence-corrected chi connectivity index (χ3v) is 5.52. The molecule has 144 valence electrons. The quantitative estimate of drug-likeness (QED) is 0.681. The van der Waals surface area contributed by atoms with Gasteiger partial charge in [0.1, 0.15) is 5.82 Å². The van der Waals surface area contributed by atoms with E-state index in [0.717, 1.165) is 0 Å². The Morgan fingerprint density at radius 1 is 1.19 bits per heavy atom. The van der Waals surface area contributed by atoms with Gasteiger partial charge >= 0.3 is 0 Å². The monoisotopic (exact) mass is 390 g/mol. The van der Waals surface area contributed by atoms with Gasteiger partial charge in [-0.15, -0.1) is 6.58 Å². The van der Waals surface area contributed by atoms with Gasteiger partial charge < -0.3 is 5.32 Å². The SMILES string of the molecule is C=CCNC(=O)c1cccc(S(=O)(=O)NCC(C)(C)c2cccc(F)c2)c1. The van der Waals surface area contributed by atoms with Crippen LogP contribution in [0, 0.1) is 5.82 Å². The molecular formula is C20H23FN2O3S. The van der Waals surface area contributed by atoms with Gasteiger partial charge in [-0.1, -0.05) is 38.1 Å². The van der Waals surface area contributed by atoms with Crippen LogP contribution in [0.2, 0.25) is 0 Å². The lowest BCUT2D eigenvalue weighted by Gasteiger charge is -2.25. The fourth-order valence-corrected chi connectivity index (χ4v) is 3.70. The zero-order chi connectivity index (χ0) is 20.1. The first kappa shape index (κ1) is 20.8. The summed E-state index contributed by atoms with van der Waals surface area (Å²) in [4.78, 5) is 12.0. The van der Waals surface area contributed by atoms with Crippen molar-refractivity contribution in [1.82, 2.24) is 10.0 Å². The normalized spacial score (nSPS) is 11.8. The van der Waals surface area contributed by atoms with E-state index in [1.807, 2.05) is 13.8 Å². The molecule has 0 heterocycles. The van der Waals surface area contributed by atoms with Crippen LogP contribution < -0.4 is 10.0 Å². The molecular weight excluding hydrogens is 367 g/mol. The van der Waals surface area contributed by atoms with Crippen LogP contribution in [0.1, 0.15) is 29.8 Å². The van der Waals surface area contributed by atoms with E-state index in [1.165, 1.54) is 42.5 Å². The van der Waals surface area contributed by atoms with Crippen LogP contribution in [0.15, 0.2) is 66.1 Å². The Morgan fingerprint density at radius 3 is 2.56 bits per heavy atom. The van der Waals surface area contributed by atoms with E-state index in [1.54, 1.807) is 12.1 Å². The van der Waals surface area contributed by atoms with Crippen molar-refractivity contribution in [3.05, 3.63) is 78.1 Å². The number of carbonyl (C=O) groups excluding carboxylic acids is 1. The third kappa shape index (κ3) is 5.48. The van der Waals surface area contributed by atoms with E-state index >= 15 is 0 Å². The first-order valence-corrected chi connectivity index (χ1v) is 9.89. The molecule has 0 spiro atoms. The molecule has 0 aromatic heterocycles. The van der Waals surface area contributed by atoms with Crippen LogP contribution in [0.5, 0.6) is 0 Å². The van der Waals surface area contributed by atoms with Gasteiger partial charge in [-0.25, -0.2) is 17.5 Å². The molecule has 0 saturated heterocycles. The maximum absolute atomic E-state index is 13.5. The molecule has 0 atom stereocenters. The Labute approximate surface area is 159 Å². The van der Waals surface area contributed by atoms with E-state index in [-0.39, 0.29) is 35.3 Å². The minimum atomic E-state index is -3.83. The number of amides is 1. The fourth-order valence-electron chi connectivity index (χ4n) is 2.44. The predicted molar refractivity (Wildman–Crippen MR) is 104 cm³/mol. The molecule has 0 aliphatic heterocycles. The van der Waals surface area contributed by atoms with Crippen molar-refractivity contribution < 1.29 is 17.6 Å². The van der Waals surface area contributed by atoms with Crippen LogP contribution in [-0.4, -0.2) is 27.4 Å². The summed E-state index contributed by atoms with van der Waals surface area (Å²) in [7, 11) is -3.83. The molecule has 7 heteroatoms. The summed E-state index contributed by atoms with van der Waals surface area (Å²) in [6.45, 7) is 7.53. The maximum atomic E-state index is 13.5. The molecule has 0 aliphatic carbocycles. The lowest BCUT2D eigenvalue weighted by atomic mass is 9.85. The zero-order valence-corrected chi connectivity index (χ0v) is 16.1. The number of carbonyl (C=O) groups is 1. The lowest BCUT2D eigenvalue weighted by molar-refractivity contribution is 0.0958. The second-order valence-corrected chi connectivity index (χ2v) is 8.51. The summed E-state index contributed by atoms with van der Waals surface area (Å²) in [5, 5.41) is 2.60. The van der Waals surface area contributed by atoms with Gasteiger partial charge in [0.25, 0.3) is 5.91 Å². The zero-order valence-electron chi connectivity index (χ0n) is 15.3. The first-order valence-electron chi connectivity index (χ1n) is 8.40. The summed E-state index contributed by atoms with van der Waals surface area (Å²) in [6.07, 6.45) is 1.54. The number of hydrogen-bond donors (Lipinski definition) is 2. The smallest absolute Gasteiger partial charge is 0.251 e. The van der Waals surface area contributed by atoms with E-state index in [4.69, 9.17) is 0 Å². The van der Waals surface area contributed by atoms with Gasteiger partial charge in [-0.05, 0) is 35.9 Å². The molecule has 2 rings (SSSR count). The Hall–Kier alpha value is -2.51. The molecule has 2 N–H and O–H groups in total. The van der Waals surface area contributed by atoms with E-state index in [0.29, 0.717) is 5.56 Å². The summed E-state index contributed by atoms with van der Waals surface area (Å²) < 4.78 is 41.3. The molecule has 0 unspecified atom stereocenters. The van der Waals surface area contributed by atoms with Crippen molar-refractivity contribution in [3.8, 4) is 0 Å². The van der Waals surface area contributed by atoms with Gasteiger partial charge in [0.2, 0.25) is 10.0 Å². The Morgan fingerprint density at radius 2 is 1.89 bits per heavy atom. The van der Waals surface area contributed by atoms with Crippen molar-refractivity contribution >= 4 is 15.9 Å². The average molecular weight is 390 g/mol. The molecule has 0 fully saturated rings. The molecule has 2 aromatic rings. The van der Waals surface area contributed by atoms with Crippen molar-refractivity contribution in [2.45, 2.75) is 24.2 Å². The number of nitrogens with one attached hydrogen (secondary N) is 2. The van der Waals surface area contributed by atoms with Gasteiger partial charge in [0.05, 0.1) is 4.90 Å². The van der Waals surface area contributed by atoms with Crippen molar-refractivity contribution in [1.29, 1.82) is 0 Å². The fraction of sp³-hybridized carbons (Fsp3) is 0.250. The molecule has 0 aliphatic rings. The Kier molecular flexibility index (Phi) is 6.51. The average Bonchev–Trinajstić information content (AvgIpc) is 2.65.